The van der Waals surface area contributed by atoms with Crippen LogP contribution in [0.15, 0.2) is 53.2 Å². The molecule has 22 heavy (non-hydrogen) atoms. The standard InChI is InChI=1S/C16H9I2NO3/c17-11-6-9(7-12(18)14(11)20)8-13-16(21)22-15(19-13)10-4-2-1-3-5-10/h1-8,20H/b13-8+. The number of halogens is 2. The van der Waals surface area contributed by atoms with E-state index in [1.54, 1.807) is 18.2 Å². The highest BCUT2D eigenvalue weighted by Gasteiger charge is 2.24. The summed E-state index contributed by atoms with van der Waals surface area (Å²) in [6.07, 6.45) is 1.65. The van der Waals surface area contributed by atoms with Crippen LogP contribution < -0.4 is 0 Å². The van der Waals surface area contributed by atoms with Crippen LogP contribution in [-0.2, 0) is 9.53 Å². The number of nitrogens with zero attached hydrogens (tertiary/aromatic N) is 1. The fourth-order valence-electron chi connectivity index (χ4n) is 1.94. The van der Waals surface area contributed by atoms with Crippen molar-refractivity contribution in [2.45, 2.75) is 0 Å². The van der Waals surface area contributed by atoms with Gasteiger partial charge in [-0.25, -0.2) is 9.79 Å². The van der Waals surface area contributed by atoms with E-state index in [0.717, 1.165) is 18.3 Å². The topological polar surface area (TPSA) is 58.9 Å². The van der Waals surface area contributed by atoms with Crippen LogP contribution in [0, 0.1) is 7.14 Å². The van der Waals surface area contributed by atoms with E-state index in [-0.39, 0.29) is 11.4 Å². The van der Waals surface area contributed by atoms with E-state index in [0.29, 0.717) is 5.90 Å². The number of hydrogen-bond donors (Lipinski definition) is 1. The zero-order valence-corrected chi connectivity index (χ0v) is 15.4. The molecule has 0 fully saturated rings. The summed E-state index contributed by atoms with van der Waals surface area (Å²) in [5, 5.41) is 9.78. The van der Waals surface area contributed by atoms with Crippen LogP contribution in [0.25, 0.3) is 6.08 Å². The summed E-state index contributed by atoms with van der Waals surface area (Å²) >= 11 is 4.09. The Morgan fingerprint density at radius 1 is 1.09 bits per heavy atom. The van der Waals surface area contributed by atoms with E-state index < -0.39 is 5.97 Å². The monoisotopic (exact) mass is 517 g/mol. The van der Waals surface area contributed by atoms with Crippen LogP contribution in [0.2, 0.25) is 0 Å². The van der Waals surface area contributed by atoms with E-state index in [9.17, 15) is 9.90 Å². The summed E-state index contributed by atoms with van der Waals surface area (Å²) in [5.41, 5.74) is 1.79. The Balaban J connectivity index is 1.98. The van der Waals surface area contributed by atoms with Gasteiger partial charge in [-0.05, 0) is 81.1 Å². The second-order valence-corrected chi connectivity index (χ2v) is 6.86. The maximum Gasteiger partial charge on any atom is 0.363 e. The molecule has 6 heteroatoms. The van der Waals surface area contributed by atoms with Crippen LogP contribution in [0.4, 0.5) is 0 Å². The highest BCUT2D eigenvalue weighted by Crippen LogP contribution is 2.29. The van der Waals surface area contributed by atoms with Crippen LogP contribution in [0.1, 0.15) is 11.1 Å². The lowest BCUT2D eigenvalue weighted by atomic mass is 10.2. The zero-order chi connectivity index (χ0) is 15.7. The lowest BCUT2D eigenvalue weighted by Crippen LogP contribution is -2.04. The van der Waals surface area contributed by atoms with Crippen LogP contribution >= 0.6 is 45.2 Å². The number of rotatable bonds is 2. The molecular formula is C16H9I2NO3. The van der Waals surface area contributed by atoms with Gasteiger partial charge in [0.25, 0.3) is 0 Å². The van der Waals surface area contributed by atoms with Crippen molar-refractivity contribution in [1.82, 2.24) is 0 Å². The number of ether oxygens (including phenoxy) is 1. The van der Waals surface area contributed by atoms with Gasteiger partial charge in [-0.3, -0.25) is 0 Å². The highest BCUT2D eigenvalue weighted by molar-refractivity contribution is 14.1. The van der Waals surface area contributed by atoms with E-state index in [4.69, 9.17) is 4.74 Å². The van der Waals surface area contributed by atoms with Crippen molar-refractivity contribution in [3.8, 4) is 5.75 Å². The second-order valence-electron chi connectivity index (χ2n) is 4.54. The molecule has 0 unspecified atom stereocenters. The molecule has 0 radical (unpaired) electrons. The molecule has 2 aromatic carbocycles. The summed E-state index contributed by atoms with van der Waals surface area (Å²) in [7, 11) is 0. The van der Waals surface area contributed by atoms with E-state index in [1.165, 1.54) is 0 Å². The van der Waals surface area contributed by atoms with Crippen LogP contribution in [0.5, 0.6) is 5.75 Å². The van der Waals surface area contributed by atoms with Gasteiger partial charge in [0.05, 0.1) is 7.14 Å². The number of carbonyl (C=O) groups excluding carboxylic acids is 1. The predicted molar refractivity (Wildman–Crippen MR) is 101 cm³/mol. The largest absolute Gasteiger partial charge is 0.506 e. The Bertz CT molecular complexity index is 790. The highest BCUT2D eigenvalue weighted by atomic mass is 127. The van der Waals surface area contributed by atoms with Gasteiger partial charge in [0.1, 0.15) is 5.75 Å². The minimum atomic E-state index is -0.475. The minimum Gasteiger partial charge on any atom is -0.506 e. The Hall–Kier alpha value is -1.42. The number of esters is 1. The molecule has 1 heterocycles. The number of carbonyl (C=O) groups is 1. The van der Waals surface area contributed by atoms with Gasteiger partial charge in [-0.2, -0.15) is 0 Å². The maximum absolute atomic E-state index is 11.9. The molecule has 2 aromatic rings. The maximum atomic E-state index is 11.9. The fourth-order valence-corrected chi connectivity index (χ4v) is 3.76. The van der Waals surface area contributed by atoms with Crippen LogP contribution in [-0.4, -0.2) is 17.0 Å². The average molecular weight is 517 g/mol. The van der Waals surface area contributed by atoms with Crippen LogP contribution in [0.3, 0.4) is 0 Å². The molecule has 110 valence electrons. The van der Waals surface area contributed by atoms with E-state index in [2.05, 4.69) is 4.99 Å². The molecule has 1 N–H and O–H groups in total. The molecule has 0 spiro atoms. The summed E-state index contributed by atoms with van der Waals surface area (Å²) in [4.78, 5) is 16.2. The lowest BCUT2D eigenvalue weighted by molar-refractivity contribution is -0.129. The molecular weight excluding hydrogens is 508 g/mol. The number of phenolic OH excluding ortho intramolecular Hbond substituents is 1. The third kappa shape index (κ3) is 3.17. The smallest absolute Gasteiger partial charge is 0.363 e. The normalized spacial score (nSPS) is 15.8. The molecule has 0 aliphatic carbocycles. The van der Waals surface area contributed by atoms with Gasteiger partial charge in [-0.15, -0.1) is 0 Å². The molecule has 1 aliphatic rings. The van der Waals surface area contributed by atoms with E-state index in [1.807, 2.05) is 75.5 Å². The molecule has 0 saturated heterocycles. The van der Waals surface area contributed by atoms with Crippen molar-refractivity contribution < 1.29 is 14.6 Å². The lowest BCUT2D eigenvalue weighted by Gasteiger charge is -2.02. The number of aromatic hydroxyl groups is 1. The molecule has 1 aliphatic heterocycles. The SMILES string of the molecule is O=C1OC(c2ccccc2)=N/C1=C/c1cc(I)c(O)c(I)c1. The summed E-state index contributed by atoms with van der Waals surface area (Å²) in [5.74, 6) is 0.0720. The van der Waals surface area contributed by atoms with Crippen molar-refractivity contribution in [1.29, 1.82) is 0 Å². The third-order valence-electron chi connectivity index (χ3n) is 2.98. The number of benzene rings is 2. The molecule has 0 saturated carbocycles. The van der Waals surface area contributed by atoms with Crippen molar-refractivity contribution in [2.75, 3.05) is 0 Å². The molecule has 3 rings (SSSR count). The number of hydrogen-bond acceptors (Lipinski definition) is 4. The number of aliphatic imine (C=N–C) groups is 1. The Morgan fingerprint density at radius 2 is 1.73 bits per heavy atom. The molecule has 0 atom stereocenters. The quantitative estimate of drug-likeness (QED) is 0.373. The first-order valence-corrected chi connectivity index (χ1v) is 8.46. The second kappa shape index (κ2) is 6.37. The van der Waals surface area contributed by atoms with Crippen molar-refractivity contribution in [3.05, 3.63) is 66.4 Å². The van der Waals surface area contributed by atoms with Crippen molar-refractivity contribution >= 4 is 63.1 Å². The average Bonchev–Trinajstić information content (AvgIpc) is 2.87. The molecule has 0 amide bonds. The van der Waals surface area contributed by atoms with Gasteiger partial charge in [0.15, 0.2) is 5.70 Å². The van der Waals surface area contributed by atoms with Gasteiger partial charge >= 0.3 is 5.97 Å². The first-order chi connectivity index (χ1) is 10.5. The Morgan fingerprint density at radius 3 is 2.36 bits per heavy atom. The third-order valence-corrected chi connectivity index (χ3v) is 4.63. The predicted octanol–water partition coefficient (Wildman–Crippen LogP) is 3.95. The van der Waals surface area contributed by atoms with Gasteiger partial charge < -0.3 is 9.84 Å². The molecule has 0 bridgehead atoms. The first-order valence-electron chi connectivity index (χ1n) is 6.30. The van der Waals surface area contributed by atoms with Crippen molar-refractivity contribution in [3.63, 3.8) is 0 Å². The summed E-state index contributed by atoms with van der Waals surface area (Å²) < 4.78 is 6.64. The Kier molecular flexibility index (Phi) is 4.48. The zero-order valence-electron chi connectivity index (χ0n) is 11.1. The van der Waals surface area contributed by atoms with Gasteiger partial charge in [-0.1, -0.05) is 18.2 Å². The van der Waals surface area contributed by atoms with E-state index >= 15 is 0 Å². The fraction of sp³-hybridized carbons (Fsp3) is 0. The summed E-state index contributed by atoms with van der Waals surface area (Å²) in [6, 6.07) is 12.8. The first kappa shape index (κ1) is 15.5. The molecule has 4 nitrogen and oxygen atoms in total. The Labute approximate surface area is 154 Å². The number of cyclic esters (lactones) is 1. The molecule has 0 aromatic heterocycles. The van der Waals surface area contributed by atoms with Gasteiger partial charge in [0.2, 0.25) is 5.90 Å². The minimum absolute atomic E-state index is 0.242. The summed E-state index contributed by atoms with van der Waals surface area (Å²) in [6.45, 7) is 0. The number of phenols is 1. The van der Waals surface area contributed by atoms with Gasteiger partial charge in [0, 0.05) is 5.56 Å². The van der Waals surface area contributed by atoms with Crippen molar-refractivity contribution in [2.24, 2.45) is 4.99 Å².